The Kier molecular flexibility index (Phi) is 34.6. The van der Waals surface area contributed by atoms with Crippen LogP contribution in [0.3, 0.4) is 0 Å². The van der Waals surface area contributed by atoms with E-state index in [-0.39, 0.29) is 125 Å². The predicted octanol–water partition coefficient (Wildman–Crippen LogP) is 9.53. The standard InChI is InChI=1S/C68H84Cl6N12O12/c1-43-61(83-85(57-25-23-51(71)39-53(57)73)63(43)47-15-19-49(69)20-16-47)67(93)79-29-10-6-5-9-28-77-65(91)56(82-46(4)88)14-8-12-30-78-66(92)55(81-45(3)87)13-7-11-27-75-59(89)41-97-37-35-95-33-31-76-60(90)42-98-38-36-96-34-32-80-68(94)62-44(2)64(48-17-21-50(70)22-18-48)86(84-62)58-26-24-52(72)40-54(58)74/h15-26,39-40,55-56H,5-14,27-38,41-42H2,1-4H3,(H,75,89)(H,76,90)(H,77,91)(H,78,92)(H,79,93)(H,80,94)(H,81,87)(H,82,88)/t55-,56-/m0/s1. The molecule has 0 radical (unpaired) electrons. The molecule has 0 aliphatic heterocycles. The minimum atomic E-state index is -0.787. The maximum Gasteiger partial charge on any atom is 0.272 e. The van der Waals surface area contributed by atoms with Gasteiger partial charge in [0, 0.05) is 95.5 Å². The minimum absolute atomic E-state index is 0.146. The first-order valence-corrected chi connectivity index (χ1v) is 34.5. The summed E-state index contributed by atoms with van der Waals surface area (Å²) in [5.41, 5.74) is 5.79. The summed E-state index contributed by atoms with van der Waals surface area (Å²) < 4.78 is 25.1. The predicted molar refractivity (Wildman–Crippen MR) is 379 cm³/mol. The van der Waals surface area contributed by atoms with Gasteiger partial charge in [0.1, 0.15) is 25.3 Å². The van der Waals surface area contributed by atoms with Gasteiger partial charge in [-0.3, -0.25) is 38.4 Å². The van der Waals surface area contributed by atoms with Crippen LogP contribution in [0.25, 0.3) is 33.9 Å². The molecule has 0 saturated carbocycles. The molecule has 6 aromatic rings. The van der Waals surface area contributed by atoms with Gasteiger partial charge in [-0.2, -0.15) is 10.2 Å². The third kappa shape index (κ3) is 26.7. The molecule has 0 saturated heterocycles. The van der Waals surface area contributed by atoms with Crippen LogP contribution in [-0.2, 0) is 47.7 Å². The SMILES string of the molecule is CC(=O)N[C@@H](CCCCNC(=O)COCCOCCNC(=O)COCCOCCNC(=O)c1nn(-c2ccc(Cl)cc2Cl)c(-c2ccc(Cl)cc2)c1C)C(=O)NCCCC[C@H](NC(C)=O)C(=O)NCCCCCCNC(=O)c1nn(-c2ccc(Cl)cc2Cl)c(-c2ccc(Cl)cc2)c1C. The van der Waals surface area contributed by atoms with E-state index in [9.17, 15) is 38.4 Å². The fourth-order valence-electron chi connectivity index (χ4n) is 10.2. The number of ether oxygens (including phenoxy) is 4. The number of hydrogen-bond donors (Lipinski definition) is 8. The van der Waals surface area contributed by atoms with Gasteiger partial charge in [0.2, 0.25) is 35.4 Å². The second-order valence-electron chi connectivity index (χ2n) is 22.7. The second-order valence-corrected chi connectivity index (χ2v) is 25.3. The highest BCUT2D eigenvalue weighted by Gasteiger charge is 2.26. The van der Waals surface area contributed by atoms with Crippen molar-refractivity contribution >= 4 is 117 Å². The molecule has 2 heterocycles. The molecule has 30 heteroatoms. The van der Waals surface area contributed by atoms with Crippen molar-refractivity contribution in [2.75, 3.05) is 92.1 Å². The van der Waals surface area contributed by atoms with E-state index < -0.39 is 18.0 Å². The zero-order chi connectivity index (χ0) is 70.9. The lowest BCUT2D eigenvalue weighted by Crippen LogP contribution is -2.47. The fourth-order valence-corrected chi connectivity index (χ4v) is 11.4. The highest BCUT2D eigenvalue weighted by molar-refractivity contribution is 6.36. The molecule has 0 spiro atoms. The Morgan fingerprint density at radius 3 is 1.16 bits per heavy atom. The van der Waals surface area contributed by atoms with E-state index in [4.69, 9.17) is 88.6 Å². The van der Waals surface area contributed by atoms with E-state index in [0.29, 0.717) is 135 Å². The molecule has 98 heavy (non-hydrogen) atoms. The number of aromatic nitrogens is 4. The first kappa shape index (κ1) is 79.6. The summed E-state index contributed by atoms with van der Waals surface area (Å²) in [4.78, 5) is 102. The quantitative estimate of drug-likeness (QED) is 0.0165. The van der Waals surface area contributed by atoms with Gasteiger partial charge in [0.15, 0.2) is 11.4 Å². The molecule has 0 unspecified atom stereocenters. The number of halogens is 6. The van der Waals surface area contributed by atoms with Crippen molar-refractivity contribution in [3.63, 3.8) is 0 Å². The summed E-state index contributed by atoms with van der Waals surface area (Å²) in [6.45, 7) is 8.83. The Labute approximate surface area is 600 Å². The van der Waals surface area contributed by atoms with Crippen LogP contribution in [0.1, 0.15) is 110 Å². The van der Waals surface area contributed by atoms with Crippen molar-refractivity contribution in [3.8, 4) is 33.9 Å². The number of carbonyl (C=O) groups is 8. The average molecular weight is 1470 g/mol. The lowest BCUT2D eigenvalue weighted by molar-refractivity contribution is -0.128. The Morgan fingerprint density at radius 2 is 0.755 bits per heavy atom. The van der Waals surface area contributed by atoms with E-state index in [1.54, 1.807) is 77.0 Å². The van der Waals surface area contributed by atoms with Gasteiger partial charge in [0.05, 0.1) is 72.4 Å². The van der Waals surface area contributed by atoms with Crippen LogP contribution in [0.15, 0.2) is 84.9 Å². The van der Waals surface area contributed by atoms with Gasteiger partial charge in [-0.1, -0.05) is 107 Å². The average Bonchev–Trinajstić information content (AvgIpc) is 1.62. The molecular weight excluding hydrogens is 1390 g/mol. The molecule has 8 amide bonds. The van der Waals surface area contributed by atoms with E-state index in [2.05, 4.69) is 52.7 Å². The van der Waals surface area contributed by atoms with Gasteiger partial charge in [-0.25, -0.2) is 9.36 Å². The summed E-state index contributed by atoms with van der Waals surface area (Å²) in [5, 5.41) is 34.5. The number of rotatable bonds is 43. The van der Waals surface area contributed by atoms with Crippen molar-refractivity contribution in [1.82, 2.24) is 62.1 Å². The molecule has 0 aliphatic rings. The Hall–Kier alpha value is -7.36. The third-order valence-corrected chi connectivity index (χ3v) is 16.6. The number of unbranched alkanes of at least 4 members (excludes halogenated alkanes) is 5. The number of nitrogens with zero attached hydrogens (tertiary/aromatic N) is 4. The van der Waals surface area contributed by atoms with Crippen LogP contribution in [0.2, 0.25) is 30.1 Å². The topological polar surface area (TPSA) is 305 Å². The number of amides is 8. The van der Waals surface area contributed by atoms with Crippen molar-refractivity contribution in [2.24, 2.45) is 0 Å². The largest absolute Gasteiger partial charge is 0.377 e. The van der Waals surface area contributed by atoms with Crippen LogP contribution in [-0.4, -0.2) is 171 Å². The molecule has 530 valence electrons. The summed E-state index contributed by atoms with van der Waals surface area (Å²) in [5.74, 6) is -2.78. The van der Waals surface area contributed by atoms with Crippen LogP contribution in [0.5, 0.6) is 0 Å². The van der Waals surface area contributed by atoms with E-state index >= 15 is 0 Å². The number of benzene rings is 4. The fraction of sp³-hybridized carbons (Fsp3) is 0.441. The van der Waals surface area contributed by atoms with Crippen LogP contribution >= 0.6 is 69.6 Å². The maximum atomic E-state index is 13.4. The third-order valence-electron chi connectivity index (χ3n) is 15.0. The van der Waals surface area contributed by atoms with Crippen LogP contribution < -0.4 is 42.5 Å². The van der Waals surface area contributed by atoms with Gasteiger partial charge >= 0.3 is 0 Å². The molecular formula is C68H84Cl6N12O12. The normalized spacial score (nSPS) is 11.7. The summed E-state index contributed by atoms with van der Waals surface area (Å²) >= 11 is 37.7. The minimum Gasteiger partial charge on any atom is -0.377 e. The van der Waals surface area contributed by atoms with E-state index in [0.717, 1.165) is 24.0 Å². The van der Waals surface area contributed by atoms with E-state index in [1.807, 2.05) is 31.2 Å². The Morgan fingerprint density at radius 1 is 0.408 bits per heavy atom. The zero-order valence-electron chi connectivity index (χ0n) is 55.2. The monoisotopic (exact) mass is 1470 g/mol. The molecule has 8 N–H and O–H groups in total. The summed E-state index contributed by atoms with van der Waals surface area (Å²) in [6.07, 6.45) is 5.73. The number of carbonyl (C=O) groups excluding carboxylic acids is 8. The first-order chi connectivity index (χ1) is 47.1. The van der Waals surface area contributed by atoms with Crippen LogP contribution in [0, 0.1) is 13.8 Å². The smallest absolute Gasteiger partial charge is 0.272 e. The first-order valence-electron chi connectivity index (χ1n) is 32.2. The van der Waals surface area contributed by atoms with Crippen molar-refractivity contribution < 1.29 is 57.3 Å². The lowest BCUT2D eigenvalue weighted by atomic mass is 10.1. The van der Waals surface area contributed by atoms with Gasteiger partial charge in [0.25, 0.3) is 11.8 Å². The second kappa shape index (κ2) is 42.6. The molecule has 2 atom stereocenters. The van der Waals surface area contributed by atoms with Crippen LogP contribution in [0.4, 0.5) is 0 Å². The highest BCUT2D eigenvalue weighted by Crippen LogP contribution is 2.35. The Balaban J connectivity index is 0.739. The Bertz CT molecular complexity index is 3630. The van der Waals surface area contributed by atoms with Gasteiger partial charge in [-0.15, -0.1) is 0 Å². The lowest BCUT2D eigenvalue weighted by Gasteiger charge is -2.19. The van der Waals surface area contributed by atoms with Crippen molar-refractivity contribution in [2.45, 2.75) is 104 Å². The van der Waals surface area contributed by atoms with E-state index in [1.165, 1.54) is 13.8 Å². The van der Waals surface area contributed by atoms with Crippen molar-refractivity contribution in [3.05, 3.63) is 138 Å². The summed E-state index contributed by atoms with van der Waals surface area (Å²) in [6, 6.07) is 22.9. The van der Waals surface area contributed by atoms with Gasteiger partial charge < -0.3 is 61.5 Å². The molecule has 2 aromatic heterocycles. The maximum absolute atomic E-state index is 13.4. The number of hydrogen-bond acceptors (Lipinski definition) is 14. The highest BCUT2D eigenvalue weighted by atomic mass is 35.5. The zero-order valence-corrected chi connectivity index (χ0v) is 59.7. The van der Waals surface area contributed by atoms with Crippen molar-refractivity contribution in [1.29, 1.82) is 0 Å². The molecule has 24 nitrogen and oxygen atoms in total. The molecule has 4 aromatic carbocycles. The molecule has 6 rings (SSSR count). The molecule has 0 aliphatic carbocycles. The molecule has 0 fully saturated rings. The number of nitrogens with one attached hydrogen (secondary N) is 8. The molecule has 0 bridgehead atoms. The summed E-state index contributed by atoms with van der Waals surface area (Å²) in [7, 11) is 0. The van der Waals surface area contributed by atoms with Gasteiger partial charge in [-0.05, 0) is 126 Å².